The molecular formula is C13H12F2O. The van der Waals surface area contributed by atoms with Crippen LogP contribution in [0.5, 0.6) is 5.75 Å². The lowest BCUT2D eigenvalue weighted by molar-refractivity contribution is 0.413. The minimum Gasteiger partial charge on any atom is -0.496 e. The van der Waals surface area contributed by atoms with E-state index in [2.05, 4.69) is 13.2 Å². The van der Waals surface area contributed by atoms with Crippen LogP contribution < -0.4 is 4.74 Å². The van der Waals surface area contributed by atoms with E-state index in [1.54, 1.807) is 24.3 Å². The van der Waals surface area contributed by atoms with E-state index in [9.17, 15) is 8.78 Å². The molecule has 0 radical (unpaired) electrons. The summed E-state index contributed by atoms with van der Waals surface area (Å²) < 4.78 is 31.7. The molecular weight excluding hydrogens is 210 g/mol. The molecule has 0 atom stereocenters. The van der Waals surface area contributed by atoms with Crippen LogP contribution >= 0.6 is 0 Å². The van der Waals surface area contributed by atoms with E-state index in [1.165, 1.54) is 7.11 Å². The van der Waals surface area contributed by atoms with Gasteiger partial charge in [0.2, 0.25) is 0 Å². The van der Waals surface area contributed by atoms with Crippen LogP contribution in [0.1, 0.15) is 5.56 Å². The normalized spacial score (nSPS) is 11.7. The molecule has 0 amide bonds. The smallest absolute Gasteiger partial charge is 0.133 e. The van der Waals surface area contributed by atoms with Crippen molar-refractivity contribution in [3.05, 3.63) is 60.7 Å². The quantitative estimate of drug-likeness (QED) is 0.698. The fraction of sp³-hybridized carbons (Fsp3) is 0.0769. The fourth-order valence-electron chi connectivity index (χ4n) is 1.36. The standard InChI is InChI=1S/C13H12F2O/c1-4-11(15)13(9(2)14)10-7-5-6-8-12(10)16-3/h4-8H,1-2H2,3H3/b13-11-. The number of ether oxygens (including phenoxy) is 1. The summed E-state index contributed by atoms with van der Waals surface area (Å²) in [6.07, 6.45) is 0.937. The zero-order chi connectivity index (χ0) is 12.1. The molecule has 0 aromatic heterocycles. The molecule has 0 fully saturated rings. The summed E-state index contributed by atoms with van der Waals surface area (Å²) in [6, 6.07) is 6.56. The molecule has 0 saturated carbocycles. The molecule has 0 aliphatic carbocycles. The predicted molar refractivity (Wildman–Crippen MR) is 61.5 cm³/mol. The third-order valence-electron chi connectivity index (χ3n) is 2.07. The molecule has 3 heteroatoms. The highest BCUT2D eigenvalue weighted by molar-refractivity contribution is 5.82. The van der Waals surface area contributed by atoms with Crippen LogP contribution in [0.25, 0.3) is 5.57 Å². The molecule has 1 aromatic carbocycles. The van der Waals surface area contributed by atoms with Crippen molar-refractivity contribution in [1.82, 2.24) is 0 Å². The van der Waals surface area contributed by atoms with Gasteiger partial charge in [-0.2, -0.15) is 0 Å². The van der Waals surface area contributed by atoms with E-state index < -0.39 is 11.7 Å². The van der Waals surface area contributed by atoms with Crippen molar-refractivity contribution in [3.63, 3.8) is 0 Å². The molecule has 0 bridgehead atoms. The van der Waals surface area contributed by atoms with Gasteiger partial charge in [0.1, 0.15) is 17.4 Å². The van der Waals surface area contributed by atoms with Crippen LogP contribution in [-0.4, -0.2) is 7.11 Å². The average Bonchev–Trinajstić information content (AvgIpc) is 2.29. The van der Waals surface area contributed by atoms with Gasteiger partial charge in [-0.1, -0.05) is 31.4 Å². The second kappa shape index (κ2) is 5.26. The second-order valence-electron chi connectivity index (χ2n) is 3.03. The molecule has 0 heterocycles. The van der Waals surface area contributed by atoms with Gasteiger partial charge in [-0.3, -0.25) is 0 Å². The molecule has 0 aliphatic heterocycles. The number of hydrogen-bond acceptors (Lipinski definition) is 1. The largest absolute Gasteiger partial charge is 0.496 e. The van der Waals surface area contributed by atoms with Gasteiger partial charge in [0.15, 0.2) is 0 Å². The van der Waals surface area contributed by atoms with Crippen LogP contribution in [-0.2, 0) is 0 Å². The van der Waals surface area contributed by atoms with Gasteiger partial charge in [-0.15, -0.1) is 0 Å². The second-order valence-corrected chi connectivity index (χ2v) is 3.03. The van der Waals surface area contributed by atoms with Crippen LogP contribution in [0.15, 0.2) is 55.2 Å². The fourth-order valence-corrected chi connectivity index (χ4v) is 1.36. The monoisotopic (exact) mass is 222 g/mol. The first kappa shape index (κ1) is 12.2. The average molecular weight is 222 g/mol. The molecule has 84 valence electrons. The van der Waals surface area contributed by atoms with E-state index in [1.807, 2.05) is 0 Å². The van der Waals surface area contributed by atoms with Crippen molar-refractivity contribution in [2.24, 2.45) is 0 Å². The molecule has 16 heavy (non-hydrogen) atoms. The summed E-state index contributed by atoms with van der Waals surface area (Å²) in [5.41, 5.74) is 0.0855. The lowest BCUT2D eigenvalue weighted by Gasteiger charge is -2.10. The number of hydrogen-bond donors (Lipinski definition) is 0. The Morgan fingerprint density at radius 1 is 1.31 bits per heavy atom. The Morgan fingerprint density at radius 3 is 2.44 bits per heavy atom. The highest BCUT2D eigenvalue weighted by Crippen LogP contribution is 2.33. The SMILES string of the molecule is C=C/C(F)=C(\C(=C)F)c1ccccc1OC. The number of rotatable bonds is 4. The molecule has 1 nitrogen and oxygen atoms in total. The van der Waals surface area contributed by atoms with Gasteiger partial charge in [0.25, 0.3) is 0 Å². The molecule has 0 unspecified atom stereocenters. The first-order valence-corrected chi connectivity index (χ1v) is 4.62. The van der Waals surface area contributed by atoms with Crippen molar-refractivity contribution in [2.45, 2.75) is 0 Å². The van der Waals surface area contributed by atoms with Crippen LogP contribution in [0.4, 0.5) is 8.78 Å². The maximum atomic E-state index is 13.5. The van der Waals surface area contributed by atoms with E-state index in [0.29, 0.717) is 11.3 Å². The minimum absolute atomic E-state index is 0.229. The Hall–Kier alpha value is -1.90. The first-order chi connectivity index (χ1) is 7.61. The zero-order valence-electron chi connectivity index (χ0n) is 8.97. The van der Waals surface area contributed by atoms with E-state index in [-0.39, 0.29) is 5.57 Å². The van der Waals surface area contributed by atoms with Crippen molar-refractivity contribution < 1.29 is 13.5 Å². The maximum absolute atomic E-state index is 13.5. The van der Waals surface area contributed by atoms with Crippen LogP contribution in [0.2, 0.25) is 0 Å². The highest BCUT2D eigenvalue weighted by Gasteiger charge is 2.15. The molecule has 0 N–H and O–H groups in total. The third-order valence-corrected chi connectivity index (χ3v) is 2.07. The maximum Gasteiger partial charge on any atom is 0.133 e. The van der Waals surface area contributed by atoms with Crippen molar-refractivity contribution in [1.29, 1.82) is 0 Å². The summed E-state index contributed by atoms with van der Waals surface area (Å²) >= 11 is 0. The Balaban J connectivity index is 3.44. The van der Waals surface area contributed by atoms with Crippen molar-refractivity contribution in [2.75, 3.05) is 7.11 Å². The summed E-state index contributed by atoms with van der Waals surface area (Å²) in [6.45, 7) is 6.37. The number of allylic oxidation sites excluding steroid dienone is 4. The predicted octanol–water partition coefficient (Wildman–Crippen LogP) is 4.05. The van der Waals surface area contributed by atoms with Gasteiger partial charge >= 0.3 is 0 Å². The first-order valence-electron chi connectivity index (χ1n) is 4.62. The summed E-state index contributed by atoms with van der Waals surface area (Å²) in [5.74, 6) is -1.24. The van der Waals surface area contributed by atoms with E-state index in [0.717, 1.165) is 6.08 Å². The topological polar surface area (TPSA) is 9.23 Å². The van der Waals surface area contributed by atoms with Gasteiger partial charge in [0.05, 0.1) is 12.7 Å². The Morgan fingerprint density at radius 2 is 1.94 bits per heavy atom. The Labute approximate surface area is 93.4 Å². The zero-order valence-corrected chi connectivity index (χ0v) is 8.97. The van der Waals surface area contributed by atoms with Crippen molar-refractivity contribution >= 4 is 5.57 Å². The highest BCUT2D eigenvalue weighted by atomic mass is 19.1. The van der Waals surface area contributed by atoms with Gasteiger partial charge in [-0.05, 0) is 12.1 Å². The lowest BCUT2D eigenvalue weighted by atomic mass is 10.0. The summed E-state index contributed by atoms with van der Waals surface area (Å²) in [7, 11) is 1.43. The van der Waals surface area contributed by atoms with E-state index >= 15 is 0 Å². The number of halogens is 2. The van der Waals surface area contributed by atoms with Crippen LogP contribution in [0.3, 0.4) is 0 Å². The Bertz CT molecular complexity index is 447. The number of benzene rings is 1. The number of para-hydroxylation sites is 1. The van der Waals surface area contributed by atoms with Gasteiger partial charge in [0, 0.05) is 5.56 Å². The minimum atomic E-state index is -0.859. The molecule has 1 rings (SSSR count). The van der Waals surface area contributed by atoms with E-state index in [4.69, 9.17) is 4.74 Å². The molecule has 0 saturated heterocycles. The molecule has 0 spiro atoms. The molecule has 0 aliphatic rings. The third kappa shape index (κ3) is 2.37. The lowest BCUT2D eigenvalue weighted by Crippen LogP contribution is -1.93. The van der Waals surface area contributed by atoms with Crippen molar-refractivity contribution in [3.8, 4) is 5.75 Å². The summed E-state index contributed by atoms with van der Waals surface area (Å²) in [5, 5.41) is 0. The van der Waals surface area contributed by atoms with Crippen LogP contribution in [0, 0.1) is 0 Å². The number of methoxy groups -OCH3 is 1. The summed E-state index contributed by atoms with van der Waals surface area (Å²) in [4.78, 5) is 0. The molecule has 1 aromatic rings. The Kier molecular flexibility index (Phi) is 4.00. The van der Waals surface area contributed by atoms with Gasteiger partial charge < -0.3 is 4.74 Å². The van der Waals surface area contributed by atoms with Gasteiger partial charge in [-0.25, -0.2) is 8.78 Å².